The van der Waals surface area contributed by atoms with Crippen LogP contribution in [0, 0.1) is 10.8 Å². The molecule has 1 rings (SSSR count). The maximum Gasteiger partial charge on any atom is 0.0441 e. The second-order valence-corrected chi connectivity index (χ2v) is 8.24. The van der Waals surface area contributed by atoms with Crippen LogP contribution >= 0.6 is 23.2 Å². The molecule has 0 spiro atoms. The van der Waals surface area contributed by atoms with E-state index in [-0.39, 0.29) is 5.41 Å². The van der Waals surface area contributed by atoms with Gasteiger partial charge in [-0.3, -0.25) is 0 Å². The highest BCUT2D eigenvalue weighted by atomic mass is 35.5. The van der Waals surface area contributed by atoms with Crippen molar-refractivity contribution < 1.29 is 0 Å². The minimum absolute atomic E-state index is 0.260. The molecule has 0 nitrogen and oxygen atoms in total. The van der Waals surface area contributed by atoms with Crippen LogP contribution in [-0.2, 0) is 12.8 Å². The van der Waals surface area contributed by atoms with Gasteiger partial charge < -0.3 is 0 Å². The van der Waals surface area contributed by atoms with Gasteiger partial charge in [-0.2, -0.15) is 0 Å². The van der Waals surface area contributed by atoms with Crippen LogP contribution in [0.3, 0.4) is 0 Å². The first-order valence-electron chi connectivity index (χ1n) is 8.13. The van der Waals surface area contributed by atoms with Crippen molar-refractivity contribution in [3.05, 3.63) is 33.3 Å². The van der Waals surface area contributed by atoms with Gasteiger partial charge in [0, 0.05) is 10.0 Å². The average molecular weight is 329 g/mol. The van der Waals surface area contributed by atoms with Crippen LogP contribution in [0.1, 0.15) is 71.9 Å². The molecule has 0 amide bonds. The predicted octanol–water partition coefficient (Wildman–Crippen LogP) is 7.34. The van der Waals surface area contributed by atoms with Gasteiger partial charge in [-0.1, -0.05) is 84.0 Å². The smallest absolute Gasteiger partial charge is 0.0441 e. The van der Waals surface area contributed by atoms with Crippen LogP contribution in [0.25, 0.3) is 0 Å². The van der Waals surface area contributed by atoms with Gasteiger partial charge in [0.1, 0.15) is 0 Å². The lowest BCUT2D eigenvalue weighted by atomic mass is 9.78. The normalized spacial score (nSPS) is 12.8. The zero-order chi connectivity index (χ0) is 16.3. The third kappa shape index (κ3) is 5.18. The highest BCUT2D eigenvalue weighted by Gasteiger charge is 2.23. The Labute approximate surface area is 141 Å². The fraction of sp³-hybridized carbons (Fsp3) is 0.684. The highest BCUT2D eigenvalue weighted by molar-refractivity contribution is 6.34. The number of hydrogen-bond acceptors (Lipinski definition) is 0. The summed E-state index contributed by atoms with van der Waals surface area (Å²) in [6.45, 7) is 13.6. The number of rotatable bonds is 7. The molecule has 0 saturated heterocycles. The molecule has 0 aliphatic rings. The molecule has 21 heavy (non-hydrogen) atoms. The largest absolute Gasteiger partial charge is 0.0840 e. The van der Waals surface area contributed by atoms with E-state index < -0.39 is 0 Å². The van der Waals surface area contributed by atoms with Crippen molar-refractivity contribution in [2.75, 3.05) is 0 Å². The highest BCUT2D eigenvalue weighted by Crippen LogP contribution is 2.37. The van der Waals surface area contributed by atoms with Gasteiger partial charge in [0.05, 0.1) is 0 Å². The first kappa shape index (κ1) is 18.8. The quantitative estimate of drug-likeness (QED) is 0.491. The molecule has 0 aliphatic carbocycles. The minimum atomic E-state index is 0.260. The summed E-state index contributed by atoms with van der Waals surface area (Å²) in [7, 11) is 0. The lowest BCUT2D eigenvalue weighted by molar-refractivity contribution is 0.296. The first-order valence-corrected chi connectivity index (χ1v) is 8.88. The van der Waals surface area contributed by atoms with E-state index in [0.29, 0.717) is 5.41 Å². The summed E-state index contributed by atoms with van der Waals surface area (Å²) in [6.07, 6.45) is 5.41. The third-order valence-electron chi connectivity index (χ3n) is 5.17. The van der Waals surface area contributed by atoms with Crippen molar-refractivity contribution >= 4 is 23.2 Å². The fourth-order valence-electron chi connectivity index (χ4n) is 2.50. The Bertz CT molecular complexity index is 471. The molecule has 0 bridgehead atoms. The number of benzene rings is 1. The Hall–Kier alpha value is -0.200. The summed E-state index contributed by atoms with van der Waals surface area (Å²) in [5, 5.41) is 1.74. The summed E-state index contributed by atoms with van der Waals surface area (Å²) in [5.41, 5.74) is 2.92. The Kier molecular flexibility index (Phi) is 6.62. The van der Waals surface area contributed by atoms with Crippen molar-refractivity contribution in [2.45, 2.75) is 73.6 Å². The molecule has 1 aromatic carbocycles. The van der Waals surface area contributed by atoms with Crippen molar-refractivity contribution in [1.82, 2.24) is 0 Å². The third-order valence-corrected chi connectivity index (χ3v) is 5.87. The fourth-order valence-corrected chi connectivity index (χ4v) is 3.01. The molecule has 0 atom stereocenters. The van der Waals surface area contributed by atoms with E-state index in [9.17, 15) is 0 Å². The molecule has 0 aliphatic heterocycles. The van der Waals surface area contributed by atoms with Crippen LogP contribution in [0.2, 0.25) is 10.0 Å². The molecule has 0 fully saturated rings. The van der Waals surface area contributed by atoms with Gasteiger partial charge in [0.25, 0.3) is 0 Å². The van der Waals surface area contributed by atoms with Crippen molar-refractivity contribution in [1.29, 1.82) is 0 Å². The van der Waals surface area contributed by atoms with Crippen molar-refractivity contribution in [3.63, 3.8) is 0 Å². The van der Waals surface area contributed by atoms with E-state index >= 15 is 0 Å². The molecule has 1 aromatic rings. The predicted molar refractivity (Wildman–Crippen MR) is 96.6 cm³/mol. The summed E-state index contributed by atoms with van der Waals surface area (Å²) < 4.78 is 0. The molecule has 0 saturated carbocycles. The molecular formula is C19H30Cl2. The number of halogens is 2. The Balaban J connectivity index is 3.05. The van der Waals surface area contributed by atoms with Crippen molar-refractivity contribution in [3.8, 4) is 0 Å². The van der Waals surface area contributed by atoms with Crippen LogP contribution in [0.4, 0.5) is 0 Å². The van der Waals surface area contributed by atoms with Gasteiger partial charge in [0.2, 0.25) is 0 Å². The van der Waals surface area contributed by atoms with E-state index in [1.165, 1.54) is 11.1 Å². The molecule has 120 valence electrons. The molecule has 0 N–H and O–H groups in total. The van der Waals surface area contributed by atoms with Crippen LogP contribution in [0.5, 0.6) is 0 Å². The minimum Gasteiger partial charge on any atom is -0.0840 e. The van der Waals surface area contributed by atoms with E-state index in [1.807, 2.05) is 0 Å². The monoisotopic (exact) mass is 328 g/mol. The van der Waals surface area contributed by atoms with Gasteiger partial charge in [0.15, 0.2) is 0 Å². The zero-order valence-electron chi connectivity index (χ0n) is 14.4. The molecule has 2 heteroatoms. The van der Waals surface area contributed by atoms with Gasteiger partial charge in [-0.05, 0) is 46.9 Å². The molecule has 0 unspecified atom stereocenters. The standard InChI is InChI=1S/C19H30Cl2/c1-7-18(4,5)12-14-10-17(21)15(11-16(14)20)13-19(6,8-2)9-3/h10-11H,7-9,12-13H2,1-6H3. The SMILES string of the molecule is CCC(C)(C)Cc1cc(Cl)c(CC(C)(CC)CC)cc1Cl. The van der Waals surface area contributed by atoms with E-state index in [4.69, 9.17) is 23.2 Å². The van der Waals surface area contributed by atoms with E-state index in [1.54, 1.807) is 0 Å². The first-order chi connectivity index (χ1) is 9.66. The molecular weight excluding hydrogens is 299 g/mol. The zero-order valence-corrected chi connectivity index (χ0v) is 16.0. The van der Waals surface area contributed by atoms with E-state index in [0.717, 1.165) is 42.1 Å². The maximum absolute atomic E-state index is 6.53. The number of hydrogen-bond donors (Lipinski definition) is 0. The summed E-state index contributed by atoms with van der Waals surface area (Å²) >= 11 is 13.1. The maximum atomic E-state index is 6.53. The average Bonchev–Trinajstić information content (AvgIpc) is 2.44. The molecule has 0 radical (unpaired) electrons. The van der Waals surface area contributed by atoms with Gasteiger partial charge in [-0.15, -0.1) is 0 Å². The van der Waals surface area contributed by atoms with E-state index in [2.05, 4.69) is 53.7 Å². The Morgan fingerprint density at radius 3 is 1.57 bits per heavy atom. The summed E-state index contributed by atoms with van der Waals surface area (Å²) in [5.74, 6) is 0. The topological polar surface area (TPSA) is 0 Å². The summed E-state index contributed by atoms with van der Waals surface area (Å²) in [6, 6.07) is 4.18. The second kappa shape index (κ2) is 7.38. The van der Waals surface area contributed by atoms with Gasteiger partial charge >= 0.3 is 0 Å². The van der Waals surface area contributed by atoms with Gasteiger partial charge in [-0.25, -0.2) is 0 Å². The summed E-state index contributed by atoms with van der Waals surface area (Å²) in [4.78, 5) is 0. The van der Waals surface area contributed by atoms with Crippen LogP contribution in [-0.4, -0.2) is 0 Å². The van der Waals surface area contributed by atoms with Crippen LogP contribution < -0.4 is 0 Å². The Morgan fingerprint density at radius 2 is 1.19 bits per heavy atom. The second-order valence-electron chi connectivity index (χ2n) is 7.42. The Morgan fingerprint density at radius 1 is 0.762 bits per heavy atom. The lowest BCUT2D eigenvalue weighted by Gasteiger charge is -2.28. The lowest BCUT2D eigenvalue weighted by Crippen LogP contribution is -2.18. The molecule has 0 aromatic heterocycles. The molecule has 0 heterocycles. The van der Waals surface area contributed by atoms with Crippen LogP contribution in [0.15, 0.2) is 12.1 Å². The van der Waals surface area contributed by atoms with Crippen molar-refractivity contribution in [2.24, 2.45) is 10.8 Å².